The zero-order valence-corrected chi connectivity index (χ0v) is 7.19. The van der Waals surface area contributed by atoms with E-state index in [0.29, 0.717) is 0 Å². The van der Waals surface area contributed by atoms with Gasteiger partial charge in [-0.25, -0.2) is 0 Å². The van der Waals surface area contributed by atoms with Crippen molar-refractivity contribution in [3.63, 3.8) is 0 Å². The van der Waals surface area contributed by atoms with Gasteiger partial charge in [0.15, 0.2) is 0 Å². The predicted octanol–water partition coefficient (Wildman–Crippen LogP) is 2.44. The lowest BCUT2D eigenvalue weighted by atomic mass is 9.83. The summed E-state index contributed by atoms with van der Waals surface area (Å²) >= 11 is 3.45. The zero-order chi connectivity index (χ0) is 6.97. The third kappa shape index (κ3) is 0.888. The molecule has 2 nitrogen and oxygen atoms in total. The summed E-state index contributed by atoms with van der Waals surface area (Å²) in [6, 6.07) is 0. The van der Waals surface area contributed by atoms with Gasteiger partial charge in [-0.2, -0.15) is 5.10 Å². The minimum Gasteiger partial charge on any atom is -0.281 e. The fourth-order valence-corrected chi connectivity index (χ4v) is 1.78. The van der Waals surface area contributed by atoms with E-state index in [-0.39, 0.29) is 0 Å². The number of nitrogens with one attached hydrogen (secondary N) is 1. The predicted molar refractivity (Wildman–Crippen MR) is 42.9 cm³/mol. The fourth-order valence-electron chi connectivity index (χ4n) is 1.26. The van der Waals surface area contributed by atoms with Gasteiger partial charge in [-0.3, -0.25) is 5.10 Å². The van der Waals surface area contributed by atoms with Gasteiger partial charge in [0.2, 0.25) is 0 Å². The summed E-state index contributed by atoms with van der Waals surface area (Å²) in [6.45, 7) is 0. The Labute approximate surface area is 68.2 Å². The standard InChI is InChI=1S/C7H9BrN2/c8-6-4-9-10-7(6)5-2-1-3-5/h4-5H,1-3H2,(H,9,10). The lowest BCUT2D eigenvalue weighted by molar-refractivity contribution is 0.409. The van der Waals surface area contributed by atoms with Crippen molar-refractivity contribution in [2.75, 3.05) is 0 Å². The maximum atomic E-state index is 3.95. The van der Waals surface area contributed by atoms with Crippen molar-refractivity contribution >= 4 is 15.9 Å². The molecule has 2 rings (SSSR count). The van der Waals surface area contributed by atoms with E-state index in [1.54, 1.807) is 0 Å². The molecule has 1 aromatic rings. The molecule has 0 atom stereocenters. The lowest BCUT2D eigenvalue weighted by Gasteiger charge is -2.24. The summed E-state index contributed by atoms with van der Waals surface area (Å²) in [7, 11) is 0. The molecule has 0 aromatic carbocycles. The van der Waals surface area contributed by atoms with E-state index in [4.69, 9.17) is 0 Å². The van der Waals surface area contributed by atoms with Crippen LogP contribution in [0.3, 0.4) is 0 Å². The van der Waals surface area contributed by atoms with Crippen molar-refractivity contribution in [2.45, 2.75) is 25.2 Å². The molecular weight excluding hydrogens is 192 g/mol. The second-order valence-electron chi connectivity index (χ2n) is 2.76. The molecule has 10 heavy (non-hydrogen) atoms. The van der Waals surface area contributed by atoms with Crippen LogP contribution in [-0.4, -0.2) is 10.2 Å². The molecule has 0 spiro atoms. The maximum Gasteiger partial charge on any atom is 0.0632 e. The Kier molecular flexibility index (Phi) is 1.52. The molecule has 1 aromatic heterocycles. The Balaban J connectivity index is 2.23. The molecule has 1 aliphatic carbocycles. The van der Waals surface area contributed by atoms with Crippen LogP contribution in [0.5, 0.6) is 0 Å². The number of nitrogens with zero attached hydrogens (tertiary/aromatic N) is 1. The van der Waals surface area contributed by atoms with E-state index in [0.717, 1.165) is 10.4 Å². The summed E-state index contributed by atoms with van der Waals surface area (Å²) in [5.41, 5.74) is 1.28. The molecule has 0 unspecified atom stereocenters. The van der Waals surface area contributed by atoms with Crippen LogP contribution < -0.4 is 0 Å². The molecule has 1 saturated carbocycles. The summed E-state index contributed by atoms with van der Waals surface area (Å²) in [6.07, 6.45) is 5.84. The van der Waals surface area contributed by atoms with E-state index < -0.39 is 0 Å². The first kappa shape index (κ1) is 6.40. The van der Waals surface area contributed by atoms with Gasteiger partial charge in [-0.05, 0) is 28.8 Å². The van der Waals surface area contributed by atoms with Crippen molar-refractivity contribution in [1.29, 1.82) is 0 Å². The van der Waals surface area contributed by atoms with Gasteiger partial charge in [0.05, 0.1) is 16.4 Å². The van der Waals surface area contributed by atoms with Crippen molar-refractivity contribution in [2.24, 2.45) is 0 Å². The van der Waals surface area contributed by atoms with Crippen molar-refractivity contribution in [1.82, 2.24) is 10.2 Å². The van der Waals surface area contributed by atoms with E-state index in [1.807, 2.05) is 6.20 Å². The number of rotatable bonds is 1. The molecule has 0 aliphatic heterocycles. The van der Waals surface area contributed by atoms with E-state index in [2.05, 4.69) is 26.1 Å². The summed E-state index contributed by atoms with van der Waals surface area (Å²) < 4.78 is 1.14. The van der Waals surface area contributed by atoms with Gasteiger partial charge in [-0.1, -0.05) is 6.42 Å². The van der Waals surface area contributed by atoms with Gasteiger partial charge in [0.25, 0.3) is 0 Å². The molecule has 0 bridgehead atoms. The van der Waals surface area contributed by atoms with Gasteiger partial charge in [0, 0.05) is 5.92 Å². The van der Waals surface area contributed by atoms with Crippen LogP contribution >= 0.6 is 15.9 Å². The summed E-state index contributed by atoms with van der Waals surface area (Å²) in [4.78, 5) is 0. The summed E-state index contributed by atoms with van der Waals surface area (Å²) in [5, 5.41) is 6.96. The highest BCUT2D eigenvalue weighted by Gasteiger charge is 2.22. The normalized spacial score (nSPS) is 18.9. The Bertz CT molecular complexity index is 227. The highest BCUT2D eigenvalue weighted by atomic mass is 79.9. The van der Waals surface area contributed by atoms with E-state index in [9.17, 15) is 0 Å². The first-order valence-electron chi connectivity index (χ1n) is 3.56. The van der Waals surface area contributed by atoms with Gasteiger partial charge in [0.1, 0.15) is 0 Å². The van der Waals surface area contributed by atoms with Crippen LogP contribution in [0.2, 0.25) is 0 Å². The topological polar surface area (TPSA) is 28.7 Å². The Hall–Kier alpha value is -0.310. The van der Waals surface area contributed by atoms with Crippen molar-refractivity contribution < 1.29 is 0 Å². The average molecular weight is 201 g/mol. The Morgan fingerprint density at radius 3 is 2.80 bits per heavy atom. The van der Waals surface area contributed by atoms with Crippen LogP contribution in [0.4, 0.5) is 0 Å². The van der Waals surface area contributed by atoms with Crippen molar-refractivity contribution in [3.8, 4) is 0 Å². The van der Waals surface area contributed by atoms with Crippen LogP contribution in [0.1, 0.15) is 30.9 Å². The maximum absolute atomic E-state index is 3.95. The average Bonchev–Trinajstić information content (AvgIpc) is 2.12. The molecule has 54 valence electrons. The Morgan fingerprint density at radius 2 is 2.40 bits per heavy atom. The zero-order valence-electron chi connectivity index (χ0n) is 5.60. The van der Waals surface area contributed by atoms with Gasteiger partial charge < -0.3 is 0 Å². The van der Waals surface area contributed by atoms with Crippen LogP contribution in [0.25, 0.3) is 0 Å². The highest BCUT2D eigenvalue weighted by Crippen LogP contribution is 2.38. The largest absolute Gasteiger partial charge is 0.281 e. The lowest BCUT2D eigenvalue weighted by Crippen LogP contribution is -2.09. The molecule has 0 radical (unpaired) electrons. The second kappa shape index (κ2) is 2.38. The van der Waals surface area contributed by atoms with E-state index in [1.165, 1.54) is 25.0 Å². The first-order chi connectivity index (χ1) is 4.88. The minimum absolute atomic E-state index is 0.747. The molecule has 1 heterocycles. The van der Waals surface area contributed by atoms with Crippen LogP contribution in [0, 0.1) is 0 Å². The smallest absolute Gasteiger partial charge is 0.0632 e. The second-order valence-corrected chi connectivity index (χ2v) is 3.61. The van der Waals surface area contributed by atoms with Gasteiger partial charge in [-0.15, -0.1) is 0 Å². The number of halogens is 1. The third-order valence-electron chi connectivity index (χ3n) is 2.13. The number of hydrogen-bond donors (Lipinski definition) is 1. The van der Waals surface area contributed by atoms with Crippen molar-refractivity contribution in [3.05, 3.63) is 16.4 Å². The monoisotopic (exact) mass is 200 g/mol. The summed E-state index contributed by atoms with van der Waals surface area (Å²) in [5.74, 6) is 0.747. The fraction of sp³-hybridized carbons (Fsp3) is 0.571. The first-order valence-corrected chi connectivity index (χ1v) is 4.36. The third-order valence-corrected chi connectivity index (χ3v) is 2.77. The van der Waals surface area contributed by atoms with E-state index >= 15 is 0 Å². The Morgan fingerprint density at radius 1 is 1.60 bits per heavy atom. The number of H-pyrrole nitrogens is 1. The molecule has 1 N–H and O–H groups in total. The number of aromatic nitrogens is 2. The van der Waals surface area contributed by atoms with Crippen LogP contribution in [0.15, 0.2) is 10.7 Å². The molecule has 0 saturated heterocycles. The van der Waals surface area contributed by atoms with Crippen LogP contribution in [-0.2, 0) is 0 Å². The number of hydrogen-bond acceptors (Lipinski definition) is 1. The highest BCUT2D eigenvalue weighted by molar-refractivity contribution is 9.10. The number of aromatic amines is 1. The minimum atomic E-state index is 0.747. The SMILES string of the molecule is Brc1cn[nH]c1C1CCC1. The molecule has 0 amide bonds. The molecule has 3 heteroatoms. The van der Waals surface area contributed by atoms with Gasteiger partial charge >= 0.3 is 0 Å². The molecule has 1 aliphatic rings. The quantitative estimate of drug-likeness (QED) is 0.742. The molecular formula is C7H9BrN2. The molecule has 1 fully saturated rings.